The molecule has 0 radical (unpaired) electrons. The van der Waals surface area contributed by atoms with Gasteiger partial charge in [-0.2, -0.15) is 0 Å². The Bertz CT molecular complexity index is 299. The van der Waals surface area contributed by atoms with E-state index in [9.17, 15) is 5.11 Å². The lowest BCUT2D eigenvalue weighted by Gasteiger charge is -2.13. The Morgan fingerprint density at radius 2 is 2.31 bits per heavy atom. The Balaban J connectivity index is 2.10. The van der Waals surface area contributed by atoms with Gasteiger partial charge in [-0.15, -0.1) is 0 Å². The summed E-state index contributed by atoms with van der Waals surface area (Å²) in [6.07, 6.45) is 1.32. The van der Waals surface area contributed by atoms with E-state index in [0.717, 1.165) is 5.76 Å². The molecule has 92 valence electrons. The van der Waals surface area contributed by atoms with Crippen molar-refractivity contribution >= 4 is 0 Å². The van der Waals surface area contributed by atoms with Crippen LogP contribution >= 0.6 is 0 Å². The molecule has 0 bridgehead atoms. The van der Waals surface area contributed by atoms with Crippen LogP contribution in [0.3, 0.4) is 0 Å². The first kappa shape index (κ1) is 13.2. The van der Waals surface area contributed by atoms with E-state index in [1.54, 1.807) is 6.20 Å². The van der Waals surface area contributed by atoms with Crippen LogP contribution in [-0.4, -0.2) is 35.5 Å². The fraction of sp³-hybridized carbons (Fsp3) is 0.727. The van der Waals surface area contributed by atoms with E-state index in [1.165, 1.54) is 0 Å². The Kier molecular flexibility index (Phi) is 5.45. The van der Waals surface area contributed by atoms with E-state index in [0.29, 0.717) is 25.6 Å². The minimum Gasteiger partial charge on any atom is -0.445 e. The zero-order valence-corrected chi connectivity index (χ0v) is 10.1. The largest absolute Gasteiger partial charge is 0.445 e. The highest BCUT2D eigenvalue weighted by Gasteiger charge is 2.06. The average Bonchev–Trinajstić information content (AvgIpc) is 2.61. The first-order valence-electron chi connectivity index (χ1n) is 5.49. The molecule has 0 aliphatic rings. The number of rotatable bonds is 7. The summed E-state index contributed by atoms with van der Waals surface area (Å²) < 4.78 is 10.6. The summed E-state index contributed by atoms with van der Waals surface area (Å²) in [7, 11) is 0. The van der Waals surface area contributed by atoms with Crippen LogP contribution in [0.1, 0.15) is 25.5 Å². The van der Waals surface area contributed by atoms with Crippen molar-refractivity contribution in [3.8, 4) is 0 Å². The molecule has 0 fully saturated rings. The maximum atomic E-state index is 9.54. The van der Waals surface area contributed by atoms with Gasteiger partial charge in [0.25, 0.3) is 0 Å². The molecule has 0 amide bonds. The van der Waals surface area contributed by atoms with Gasteiger partial charge in [-0.1, -0.05) is 0 Å². The predicted octanol–water partition coefficient (Wildman–Crippen LogP) is 0.859. The van der Waals surface area contributed by atoms with Crippen LogP contribution in [0, 0.1) is 6.92 Å². The number of aromatic nitrogens is 1. The molecule has 0 aliphatic heterocycles. The highest BCUT2D eigenvalue weighted by Crippen LogP contribution is 2.00. The molecule has 0 saturated heterocycles. The lowest BCUT2D eigenvalue weighted by Crippen LogP contribution is -2.31. The van der Waals surface area contributed by atoms with Gasteiger partial charge in [0, 0.05) is 6.54 Å². The van der Waals surface area contributed by atoms with Crippen molar-refractivity contribution in [3.63, 3.8) is 0 Å². The smallest absolute Gasteiger partial charge is 0.208 e. The van der Waals surface area contributed by atoms with Crippen LogP contribution in [0.15, 0.2) is 10.6 Å². The van der Waals surface area contributed by atoms with Crippen LogP contribution in [0.2, 0.25) is 0 Å². The second-order valence-electron chi connectivity index (χ2n) is 4.03. The lowest BCUT2D eigenvalue weighted by atomic mass is 10.3. The Morgan fingerprint density at radius 1 is 1.56 bits per heavy atom. The maximum absolute atomic E-state index is 9.54. The summed E-state index contributed by atoms with van der Waals surface area (Å²) in [5.74, 6) is 1.43. The third-order valence-corrected chi connectivity index (χ3v) is 1.95. The summed E-state index contributed by atoms with van der Waals surface area (Å²) in [6.45, 7) is 7.06. The van der Waals surface area contributed by atoms with E-state index in [-0.39, 0.29) is 6.10 Å². The number of ether oxygens (including phenoxy) is 1. The molecule has 0 aromatic carbocycles. The SMILES string of the molecule is Cc1cnc(CNCC(O)COC(C)C)o1. The fourth-order valence-corrected chi connectivity index (χ4v) is 1.19. The van der Waals surface area contributed by atoms with E-state index in [2.05, 4.69) is 10.3 Å². The van der Waals surface area contributed by atoms with Crippen LogP contribution in [0.25, 0.3) is 0 Å². The third kappa shape index (κ3) is 5.25. The predicted molar refractivity (Wildman–Crippen MR) is 60.0 cm³/mol. The average molecular weight is 228 g/mol. The summed E-state index contributed by atoms with van der Waals surface area (Å²) in [4.78, 5) is 4.04. The number of hydrogen-bond donors (Lipinski definition) is 2. The Morgan fingerprint density at radius 3 is 2.88 bits per heavy atom. The third-order valence-electron chi connectivity index (χ3n) is 1.95. The maximum Gasteiger partial charge on any atom is 0.208 e. The van der Waals surface area contributed by atoms with Crippen molar-refractivity contribution in [2.24, 2.45) is 0 Å². The van der Waals surface area contributed by atoms with Crippen molar-refractivity contribution in [1.29, 1.82) is 0 Å². The standard InChI is InChI=1S/C11H20N2O3/c1-8(2)15-7-10(14)5-12-6-11-13-4-9(3)16-11/h4,8,10,12,14H,5-7H2,1-3H3. The molecule has 0 aliphatic carbocycles. The number of nitrogens with one attached hydrogen (secondary N) is 1. The highest BCUT2D eigenvalue weighted by atomic mass is 16.5. The number of oxazole rings is 1. The number of aliphatic hydroxyl groups excluding tert-OH is 1. The molecule has 5 heteroatoms. The zero-order valence-electron chi connectivity index (χ0n) is 10.1. The Hall–Kier alpha value is -0.910. The monoisotopic (exact) mass is 228 g/mol. The van der Waals surface area contributed by atoms with Crippen LogP contribution < -0.4 is 5.32 Å². The van der Waals surface area contributed by atoms with Crippen molar-refractivity contribution in [2.75, 3.05) is 13.2 Å². The second-order valence-corrected chi connectivity index (χ2v) is 4.03. The van der Waals surface area contributed by atoms with Gasteiger partial charge in [0.1, 0.15) is 5.76 Å². The number of aryl methyl sites for hydroxylation is 1. The van der Waals surface area contributed by atoms with Gasteiger partial charge in [-0.05, 0) is 20.8 Å². The van der Waals surface area contributed by atoms with E-state index < -0.39 is 6.10 Å². The number of hydrogen-bond acceptors (Lipinski definition) is 5. The van der Waals surface area contributed by atoms with Gasteiger partial charge in [-0.3, -0.25) is 0 Å². The lowest BCUT2D eigenvalue weighted by molar-refractivity contribution is 0.00613. The molecule has 1 unspecified atom stereocenters. The first-order valence-corrected chi connectivity index (χ1v) is 5.49. The van der Waals surface area contributed by atoms with Gasteiger partial charge in [0.2, 0.25) is 5.89 Å². The quantitative estimate of drug-likeness (QED) is 0.724. The second kappa shape index (κ2) is 6.62. The van der Waals surface area contributed by atoms with Crippen molar-refractivity contribution in [3.05, 3.63) is 17.8 Å². The van der Waals surface area contributed by atoms with Crippen LogP contribution in [0.5, 0.6) is 0 Å². The first-order chi connectivity index (χ1) is 7.58. The normalized spacial score (nSPS) is 13.3. The van der Waals surface area contributed by atoms with Gasteiger partial charge < -0.3 is 19.6 Å². The summed E-state index contributed by atoms with van der Waals surface area (Å²) in [5, 5.41) is 12.6. The molecule has 5 nitrogen and oxygen atoms in total. The van der Waals surface area contributed by atoms with Gasteiger partial charge in [0.15, 0.2) is 0 Å². The van der Waals surface area contributed by atoms with Gasteiger partial charge in [-0.25, -0.2) is 4.98 Å². The minimum absolute atomic E-state index is 0.143. The molecule has 16 heavy (non-hydrogen) atoms. The van der Waals surface area contributed by atoms with Crippen LogP contribution in [0.4, 0.5) is 0 Å². The molecule has 1 heterocycles. The molecule has 2 N–H and O–H groups in total. The molecule has 1 aromatic heterocycles. The fourth-order valence-electron chi connectivity index (χ4n) is 1.19. The van der Waals surface area contributed by atoms with Crippen molar-refractivity contribution < 1.29 is 14.3 Å². The number of aliphatic hydroxyl groups is 1. The molecular formula is C11H20N2O3. The molecule has 0 saturated carbocycles. The van der Waals surface area contributed by atoms with E-state index in [4.69, 9.17) is 9.15 Å². The topological polar surface area (TPSA) is 67.5 Å². The van der Waals surface area contributed by atoms with E-state index >= 15 is 0 Å². The zero-order chi connectivity index (χ0) is 12.0. The minimum atomic E-state index is -0.501. The summed E-state index contributed by atoms with van der Waals surface area (Å²) >= 11 is 0. The molecular weight excluding hydrogens is 208 g/mol. The summed E-state index contributed by atoms with van der Waals surface area (Å²) in [6, 6.07) is 0. The highest BCUT2D eigenvalue weighted by molar-refractivity contribution is 4.90. The van der Waals surface area contributed by atoms with Crippen molar-refractivity contribution in [2.45, 2.75) is 39.5 Å². The molecule has 1 atom stereocenters. The van der Waals surface area contributed by atoms with Gasteiger partial charge in [0.05, 0.1) is 31.6 Å². The molecule has 0 spiro atoms. The summed E-state index contributed by atoms with van der Waals surface area (Å²) in [5.41, 5.74) is 0. The van der Waals surface area contributed by atoms with Crippen LogP contribution in [-0.2, 0) is 11.3 Å². The number of nitrogens with zero attached hydrogens (tertiary/aromatic N) is 1. The Labute approximate surface area is 95.8 Å². The van der Waals surface area contributed by atoms with E-state index in [1.807, 2.05) is 20.8 Å². The molecule has 1 aromatic rings. The molecule has 1 rings (SSSR count). The van der Waals surface area contributed by atoms with Crippen molar-refractivity contribution in [1.82, 2.24) is 10.3 Å². The van der Waals surface area contributed by atoms with Gasteiger partial charge >= 0.3 is 0 Å².